The van der Waals surface area contributed by atoms with Crippen molar-refractivity contribution in [2.45, 2.75) is 19.9 Å². The van der Waals surface area contributed by atoms with E-state index in [1.54, 1.807) is 12.0 Å². The minimum atomic E-state index is -0.299. The molecule has 0 aromatic heterocycles. The molecule has 1 unspecified atom stereocenters. The Hall–Kier alpha value is -1.56. The minimum Gasteiger partial charge on any atom is -0.496 e. The van der Waals surface area contributed by atoms with Gasteiger partial charge in [0.2, 0.25) is 0 Å². The molecule has 2 amide bonds. The van der Waals surface area contributed by atoms with Crippen molar-refractivity contribution in [3.8, 4) is 5.75 Å². The van der Waals surface area contributed by atoms with E-state index in [1.165, 1.54) is 0 Å². The highest BCUT2D eigenvalue weighted by atomic mass is 79.9. The van der Waals surface area contributed by atoms with Gasteiger partial charge in [-0.25, -0.2) is 4.79 Å². The first-order valence-electron chi connectivity index (χ1n) is 6.42. The summed E-state index contributed by atoms with van der Waals surface area (Å²) in [5.41, 5.74) is 6.85. The van der Waals surface area contributed by atoms with Crippen LogP contribution in [0, 0.1) is 5.92 Å². The largest absolute Gasteiger partial charge is 0.496 e. The number of halogens is 1. The summed E-state index contributed by atoms with van der Waals surface area (Å²) in [6.07, 6.45) is 0. The molecular weight excluding hydrogens is 322 g/mol. The van der Waals surface area contributed by atoms with Crippen LogP contribution in [0.1, 0.15) is 25.5 Å². The molecule has 1 aliphatic heterocycles. The van der Waals surface area contributed by atoms with Gasteiger partial charge in [-0.3, -0.25) is 0 Å². The van der Waals surface area contributed by atoms with E-state index >= 15 is 0 Å². The molecule has 2 rings (SSSR count). The predicted molar refractivity (Wildman–Crippen MR) is 82.0 cm³/mol. The fourth-order valence-electron chi connectivity index (χ4n) is 2.29. The van der Waals surface area contributed by atoms with Crippen LogP contribution < -0.4 is 10.5 Å². The third-order valence-electron chi connectivity index (χ3n) is 3.12. The highest BCUT2D eigenvalue weighted by molar-refractivity contribution is 9.10. The maximum atomic E-state index is 11.9. The van der Waals surface area contributed by atoms with Crippen molar-refractivity contribution in [1.29, 1.82) is 0 Å². The molecule has 0 saturated carbocycles. The fourth-order valence-corrected chi connectivity index (χ4v) is 2.84. The summed E-state index contributed by atoms with van der Waals surface area (Å²) in [6, 6.07) is 5.10. The number of methoxy groups -OCH3 is 1. The average molecular weight is 340 g/mol. The summed E-state index contributed by atoms with van der Waals surface area (Å²) in [7, 11) is 1.61. The summed E-state index contributed by atoms with van der Waals surface area (Å²) in [5.74, 6) is 1.43. The van der Waals surface area contributed by atoms with Crippen molar-refractivity contribution in [3.63, 3.8) is 0 Å². The van der Waals surface area contributed by atoms with Gasteiger partial charge in [0, 0.05) is 6.54 Å². The Morgan fingerprint density at radius 3 is 2.75 bits per heavy atom. The average Bonchev–Trinajstić information content (AvgIpc) is 2.63. The molecule has 5 nitrogen and oxygen atoms in total. The number of amides is 2. The zero-order chi connectivity index (χ0) is 14.9. The Morgan fingerprint density at radius 1 is 1.50 bits per heavy atom. The number of nitrogens with two attached hydrogens (primary N) is 1. The van der Waals surface area contributed by atoms with Crippen molar-refractivity contribution in [1.82, 2.24) is 4.90 Å². The minimum absolute atomic E-state index is 0.270. The van der Waals surface area contributed by atoms with Crippen molar-refractivity contribution in [3.05, 3.63) is 28.2 Å². The maximum Gasteiger partial charge on any atom is 0.346 e. The van der Waals surface area contributed by atoms with E-state index in [2.05, 4.69) is 34.8 Å². The zero-order valence-corrected chi connectivity index (χ0v) is 13.3. The van der Waals surface area contributed by atoms with E-state index in [0.717, 1.165) is 15.8 Å². The Balaban J connectivity index is 2.35. The van der Waals surface area contributed by atoms with Gasteiger partial charge in [0.15, 0.2) is 0 Å². The normalized spacial score (nSPS) is 18.6. The monoisotopic (exact) mass is 339 g/mol. The van der Waals surface area contributed by atoms with Crippen LogP contribution in [-0.4, -0.2) is 30.4 Å². The number of amidine groups is 1. The van der Waals surface area contributed by atoms with Crippen LogP contribution in [0.2, 0.25) is 0 Å². The second-order valence-corrected chi connectivity index (χ2v) is 6.02. The molecule has 0 aliphatic carbocycles. The van der Waals surface area contributed by atoms with Crippen molar-refractivity contribution in [2.75, 3.05) is 13.7 Å². The van der Waals surface area contributed by atoms with E-state index in [0.29, 0.717) is 18.3 Å². The summed E-state index contributed by atoms with van der Waals surface area (Å²) in [5, 5.41) is 0. The van der Waals surface area contributed by atoms with E-state index in [1.807, 2.05) is 18.2 Å². The lowest BCUT2D eigenvalue weighted by atomic mass is 10.0. The molecule has 0 saturated heterocycles. The van der Waals surface area contributed by atoms with E-state index < -0.39 is 0 Å². The summed E-state index contributed by atoms with van der Waals surface area (Å²) in [6.45, 7) is 4.74. The SMILES string of the molecule is COc1ccc(C2C(N)=NC(=O)N2CC(C)C)cc1Br. The van der Waals surface area contributed by atoms with Crippen molar-refractivity contribution in [2.24, 2.45) is 16.6 Å². The number of rotatable bonds is 4. The van der Waals surface area contributed by atoms with Gasteiger partial charge >= 0.3 is 6.03 Å². The van der Waals surface area contributed by atoms with Gasteiger partial charge in [-0.1, -0.05) is 19.9 Å². The first-order valence-corrected chi connectivity index (χ1v) is 7.21. The summed E-state index contributed by atoms with van der Waals surface area (Å²) >= 11 is 3.45. The topological polar surface area (TPSA) is 67.9 Å². The van der Waals surface area contributed by atoms with Gasteiger partial charge in [0.1, 0.15) is 17.6 Å². The second kappa shape index (κ2) is 5.83. The third kappa shape index (κ3) is 2.80. The third-order valence-corrected chi connectivity index (χ3v) is 3.74. The molecule has 0 bridgehead atoms. The Kier molecular flexibility index (Phi) is 4.32. The number of hydrogen-bond acceptors (Lipinski definition) is 3. The smallest absolute Gasteiger partial charge is 0.346 e. The van der Waals surface area contributed by atoms with Gasteiger partial charge in [0.25, 0.3) is 0 Å². The number of carbonyl (C=O) groups is 1. The first-order chi connectivity index (χ1) is 9.43. The molecule has 0 radical (unpaired) electrons. The van der Waals surface area contributed by atoms with Crippen LogP contribution in [0.4, 0.5) is 4.79 Å². The number of urea groups is 1. The van der Waals surface area contributed by atoms with Crippen LogP contribution in [0.25, 0.3) is 0 Å². The molecule has 1 atom stereocenters. The van der Waals surface area contributed by atoms with Gasteiger partial charge < -0.3 is 15.4 Å². The molecule has 0 spiro atoms. The van der Waals surface area contributed by atoms with Crippen LogP contribution in [0.15, 0.2) is 27.7 Å². The van der Waals surface area contributed by atoms with Gasteiger partial charge in [-0.05, 0) is 39.5 Å². The number of ether oxygens (including phenoxy) is 1. The van der Waals surface area contributed by atoms with Gasteiger partial charge in [0.05, 0.1) is 11.6 Å². The van der Waals surface area contributed by atoms with Crippen LogP contribution in [0.5, 0.6) is 5.75 Å². The number of carbonyl (C=O) groups excluding carboxylic acids is 1. The molecule has 1 aromatic rings. The number of aliphatic imine (C=N–C) groups is 1. The highest BCUT2D eigenvalue weighted by Gasteiger charge is 2.34. The summed E-state index contributed by atoms with van der Waals surface area (Å²) < 4.78 is 6.04. The molecule has 20 heavy (non-hydrogen) atoms. The second-order valence-electron chi connectivity index (χ2n) is 5.16. The van der Waals surface area contributed by atoms with Gasteiger partial charge in [-0.15, -0.1) is 0 Å². The standard InChI is InChI=1S/C14H18BrN3O2/c1-8(2)7-18-12(13(16)17-14(18)19)9-4-5-11(20-3)10(15)6-9/h4-6,8,12H,7H2,1-3H3,(H2,16,17,19). The first kappa shape index (κ1) is 14.8. The molecule has 2 N–H and O–H groups in total. The molecule has 1 aromatic carbocycles. The van der Waals surface area contributed by atoms with Crippen molar-refractivity contribution < 1.29 is 9.53 Å². The lowest BCUT2D eigenvalue weighted by Crippen LogP contribution is -2.35. The van der Waals surface area contributed by atoms with Crippen LogP contribution in [0.3, 0.4) is 0 Å². The Bertz CT molecular complexity index is 557. The molecular formula is C14H18BrN3O2. The molecule has 0 fully saturated rings. The highest BCUT2D eigenvalue weighted by Crippen LogP contribution is 2.33. The lowest BCUT2D eigenvalue weighted by Gasteiger charge is -2.26. The number of hydrogen-bond donors (Lipinski definition) is 1. The lowest BCUT2D eigenvalue weighted by molar-refractivity contribution is 0.199. The predicted octanol–water partition coefficient (Wildman–Crippen LogP) is 2.95. The Morgan fingerprint density at radius 2 is 2.20 bits per heavy atom. The molecule has 108 valence electrons. The molecule has 6 heteroatoms. The zero-order valence-electron chi connectivity index (χ0n) is 11.8. The van der Waals surface area contributed by atoms with E-state index in [-0.39, 0.29) is 12.1 Å². The Labute approximate surface area is 126 Å². The van der Waals surface area contributed by atoms with Crippen molar-refractivity contribution >= 4 is 27.8 Å². The van der Waals surface area contributed by atoms with E-state index in [9.17, 15) is 4.79 Å². The fraction of sp³-hybridized carbons (Fsp3) is 0.429. The molecule has 1 heterocycles. The number of nitrogens with zero attached hydrogens (tertiary/aromatic N) is 2. The number of benzene rings is 1. The maximum absolute atomic E-state index is 11.9. The van der Waals surface area contributed by atoms with Gasteiger partial charge in [-0.2, -0.15) is 4.99 Å². The van der Waals surface area contributed by atoms with Crippen LogP contribution >= 0.6 is 15.9 Å². The van der Waals surface area contributed by atoms with E-state index in [4.69, 9.17) is 10.5 Å². The summed E-state index contributed by atoms with van der Waals surface area (Å²) in [4.78, 5) is 17.5. The quantitative estimate of drug-likeness (QED) is 0.916. The van der Waals surface area contributed by atoms with Crippen LogP contribution in [-0.2, 0) is 0 Å². The molecule has 1 aliphatic rings.